The monoisotopic (exact) mass is 471 g/mol. The van der Waals surface area contributed by atoms with Crippen molar-refractivity contribution in [2.24, 2.45) is 0 Å². The summed E-state index contributed by atoms with van der Waals surface area (Å²) in [4.78, 5) is 28.3. The molecule has 2 heterocycles. The van der Waals surface area contributed by atoms with E-state index in [0.717, 1.165) is 6.08 Å². The number of para-hydroxylation sites is 2. The summed E-state index contributed by atoms with van der Waals surface area (Å²) in [6, 6.07) is 13.0. The minimum atomic E-state index is -3.70. The lowest BCUT2D eigenvalue weighted by atomic mass is 10.3. The number of oxazole rings is 1. The molecule has 0 atom stereocenters. The van der Waals surface area contributed by atoms with Crippen molar-refractivity contribution < 1.29 is 31.9 Å². The zero-order valence-corrected chi connectivity index (χ0v) is 18.3. The van der Waals surface area contributed by atoms with Gasteiger partial charge in [0, 0.05) is 30.9 Å². The second-order valence-corrected chi connectivity index (χ2v) is 8.99. The topological polar surface area (TPSA) is 128 Å². The number of fused-ring (bicyclic) bond motifs is 1. The minimum Gasteiger partial charge on any atom is -0.452 e. The highest BCUT2D eigenvalue weighted by atomic mass is 32.2. The first-order valence-electron chi connectivity index (χ1n) is 10.1. The molecule has 1 N–H and O–H groups in total. The summed E-state index contributed by atoms with van der Waals surface area (Å²) in [5, 5.41) is 2.53. The Balaban J connectivity index is 1.31. The molecule has 11 heteroatoms. The molecule has 0 radical (unpaired) electrons. The highest BCUT2D eigenvalue weighted by Gasteiger charge is 2.26. The van der Waals surface area contributed by atoms with Crippen LogP contribution in [0.3, 0.4) is 0 Å². The van der Waals surface area contributed by atoms with Gasteiger partial charge >= 0.3 is 5.97 Å². The molecular formula is C22H21N3O7S. The van der Waals surface area contributed by atoms with Gasteiger partial charge in [-0.3, -0.25) is 4.79 Å². The summed E-state index contributed by atoms with van der Waals surface area (Å²) in [6.45, 7) is 0.665. The molecule has 4 rings (SSSR count). The van der Waals surface area contributed by atoms with Gasteiger partial charge in [-0.1, -0.05) is 18.2 Å². The van der Waals surface area contributed by atoms with E-state index in [9.17, 15) is 18.0 Å². The van der Waals surface area contributed by atoms with E-state index in [-0.39, 0.29) is 29.6 Å². The third kappa shape index (κ3) is 5.64. The molecule has 0 saturated carbocycles. The number of rotatable bonds is 7. The van der Waals surface area contributed by atoms with Gasteiger partial charge in [0.1, 0.15) is 5.52 Å². The van der Waals surface area contributed by atoms with Gasteiger partial charge in [0.2, 0.25) is 15.9 Å². The quantitative estimate of drug-likeness (QED) is 0.410. The van der Waals surface area contributed by atoms with Crippen LogP contribution in [-0.2, 0) is 29.1 Å². The lowest BCUT2D eigenvalue weighted by molar-refractivity contribution is -0.142. The van der Waals surface area contributed by atoms with Crippen molar-refractivity contribution in [3.05, 3.63) is 60.5 Å². The minimum absolute atomic E-state index is 0.0560. The van der Waals surface area contributed by atoms with Crippen LogP contribution >= 0.6 is 0 Å². The fourth-order valence-electron chi connectivity index (χ4n) is 3.15. The van der Waals surface area contributed by atoms with E-state index >= 15 is 0 Å². The van der Waals surface area contributed by atoms with Gasteiger partial charge in [-0.2, -0.15) is 4.31 Å². The molecule has 172 valence electrons. The van der Waals surface area contributed by atoms with Crippen molar-refractivity contribution >= 4 is 44.8 Å². The third-order valence-electron chi connectivity index (χ3n) is 4.74. The number of nitrogens with zero attached hydrogens (tertiary/aromatic N) is 2. The fraction of sp³-hybridized carbons (Fsp3) is 0.227. The van der Waals surface area contributed by atoms with Gasteiger partial charge in [-0.05, 0) is 30.3 Å². The van der Waals surface area contributed by atoms with Crippen LogP contribution in [0.5, 0.6) is 0 Å². The molecule has 1 fully saturated rings. The number of sulfonamides is 1. The Morgan fingerprint density at radius 2 is 1.91 bits per heavy atom. The highest BCUT2D eigenvalue weighted by Crippen LogP contribution is 2.20. The number of benzene rings is 2. The molecule has 1 saturated heterocycles. The van der Waals surface area contributed by atoms with Crippen LogP contribution in [0.25, 0.3) is 17.2 Å². The Hall–Kier alpha value is -3.54. The number of nitrogens with one attached hydrogen (secondary N) is 1. The van der Waals surface area contributed by atoms with Gasteiger partial charge in [-0.25, -0.2) is 18.2 Å². The molecule has 1 aliphatic rings. The molecule has 1 amide bonds. The number of anilines is 1. The summed E-state index contributed by atoms with van der Waals surface area (Å²) in [5.41, 5.74) is 1.51. The number of ether oxygens (including phenoxy) is 2. The fourth-order valence-corrected chi connectivity index (χ4v) is 4.61. The van der Waals surface area contributed by atoms with E-state index in [0.29, 0.717) is 24.3 Å². The first kappa shape index (κ1) is 22.6. The normalized spacial score (nSPS) is 15.0. The molecule has 2 aromatic carbocycles. The van der Waals surface area contributed by atoms with E-state index in [2.05, 4.69) is 10.3 Å². The van der Waals surface area contributed by atoms with E-state index in [1.807, 2.05) is 12.1 Å². The summed E-state index contributed by atoms with van der Waals surface area (Å²) in [7, 11) is -3.70. The van der Waals surface area contributed by atoms with Crippen LogP contribution in [0.1, 0.15) is 5.89 Å². The maximum absolute atomic E-state index is 12.8. The maximum atomic E-state index is 12.8. The second kappa shape index (κ2) is 9.94. The van der Waals surface area contributed by atoms with Crippen molar-refractivity contribution in [3.63, 3.8) is 0 Å². The Labute approximate surface area is 189 Å². The van der Waals surface area contributed by atoms with Crippen LogP contribution in [-0.4, -0.2) is 62.5 Å². The van der Waals surface area contributed by atoms with Crippen molar-refractivity contribution in [3.8, 4) is 0 Å². The second-order valence-electron chi connectivity index (χ2n) is 7.05. The number of esters is 1. The number of carbonyl (C=O) groups excluding carboxylic acids is 2. The van der Waals surface area contributed by atoms with E-state index in [1.165, 1.54) is 28.6 Å². The van der Waals surface area contributed by atoms with E-state index < -0.39 is 28.5 Å². The number of hydrogen-bond acceptors (Lipinski definition) is 8. The first-order chi connectivity index (χ1) is 15.9. The summed E-state index contributed by atoms with van der Waals surface area (Å²) >= 11 is 0. The molecule has 1 aliphatic heterocycles. The summed E-state index contributed by atoms with van der Waals surface area (Å²) in [6.07, 6.45) is 2.45. The molecule has 3 aromatic rings. The summed E-state index contributed by atoms with van der Waals surface area (Å²) < 4.78 is 42.4. The third-order valence-corrected chi connectivity index (χ3v) is 6.64. The Morgan fingerprint density at radius 3 is 2.70 bits per heavy atom. The van der Waals surface area contributed by atoms with Crippen LogP contribution in [0.2, 0.25) is 0 Å². The van der Waals surface area contributed by atoms with Crippen molar-refractivity contribution in [2.45, 2.75) is 4.90 Å². The van der Waals surface area contributed by atoms with E-state index in [4.69, 9.17) is 13.9 Å². The maximum Gasteiger partial charge on any atom is 0.331 e. The average molecular weight is 471 g/mol. The highest BCUT2D eigenvalue weighted by molar-refractivity contribution is 7.89. The Kier molecular flexibility index (Phi) is 6.82. The van der Waals surface area contributed by atoms with Crippen LogP contribution in [0.4, 0.5) is 5.69 Å². The zero-order chi connectivity index (χ0) is 23.3. The SMILES string of the molecule is O=C(COC(=O)/C=C/c1nc2ccccc2o1)Nc1cccc(S(=O)(=O)N2CCOCC2)c1. The lowest BCUT2D eigenvalue weighted by Gasteiger charge is -2.26. The molecule has 0 unspecified atom stereocenters. The van der Waals surface area contributed by atoms with Gasteiger partial charge in [0.15, 0.2) is 12.2 Å². The van der Waals surface area contributed by atoms with Crippen LogP contribution < -0.4 is 5.32 Å². The Bertz CT molecular complexity index is 1260. The van der Waals surface area contributed by atoms with Gasteiger partial charge < -0.3 is 19.2 Å². The van der Waals surface area contributed by atoms with Crippen LogP contribution in [0, 0.1) is 0 Å². The van der Waals surface area contributed by atoms with Crippen molar-refractivity contribution in [2.75, 3.05) is 38.2 Å². The summed E-state index contributed by atoms with van der Waals surface area (Å²) in [5.74, 6) is -1.13. The van der Waals surface area contributed by atoms with Gasteiger partial charge in [-0.15, -0.1) is 0 Å². The van der Waals surface area contributed by atoms with Gasteiger partial charge in [0.25, 0.3) is 5.91 Å². The number of amides is 1. The predicted molar refractivity (Wildman–Crippen MR) is 119 cm³/mol. The molecule has 0 spiro atoms. The number of carbonyl (C=O) groups is 2. The van der Waals surface area contributed by atoms with Crippen molar-refractivity contribution in [1.29, 1.82) is 0 Å². The number of morpholine rings is 1. The van der Waals surface area contributed by atoms with E-state index in [1.54, 1.807) is 18.2 Å². The smallest absolute Gasteiger partial charge is 0.331 e. The van der Waals surface area contributed by atoms with Gasteiger partial charge in [0.05, 0.1) is 18.1 Å². The van der Waals surface area contributed by atoms with Crippen LogP contribution in [0.15, 0.2) is 63.9 Å². The number of aromatic nitrogens is 1. The molecular weight excluding hydrogens is 450 g/mol. The zero-order valence-electron chi connectivity index (χ0n) is 17.5. The Morgan fingerprint density at radius 1 is 1.12 bits per heavy atom. The molecule has 0 aliphatic carbocycles. The number of hydrogen-bond donors (Lipinski definition) is 1. The molecule has 33 heavy (non-hydrogen) atoms. The largest absolute Gasteiger partial charge is 0.452 e. The average Bonchev–Trinajstić information content (AvgIpc) is 3.25. The molecule has 1 aromatic heterocycles. The standard InChI is InChI=1S/C22H21N3O7S/c26-20(15-31-22(27)9-8-21-24-18-6-1-2-7-19(18)32-21)23-16-4-3-5-17(14-16)33(28,29)25-10-12-30-13-11-25/h1-9,14H,10-13,15H2,(H,23,26)/b9-8+. The first-order valence-corrected chi connectivity index (χ1v) is 11.5. The van der Waals surface area contributed by atoms with Crippen molar-refractivity contribution in [1.82, 2.24) is 9.29 Å². The predicted octanol–water partition coefficient (Wildman–Crippen LogP) is 2.04. The molecule has 10 nitrogen and oxygen atoms in total. The lowest BCUT2D eigenvalue weighted by Crippen LogP contribution is -2.40. The molecule has 0 bridgehead atoms.